The number of benzene rings is 1. The number of hydrogen-bond acceptors (Lipinski definition) is 5. The zero-order chi connectivity index (χ0) is 21.5. The number of para-hydroxylation sites is 1. The second kappa shape index (κ2) is 9.04. The number of alkyl halides is 3. The van der Waals surface area contributed by atoms with Gasteiger partial charge in [0.15, 0.2) is 0 Å². The van der Waals surface area contributed by atoms with Gasteiger partial charge in [0, 0.05) is 30.3 Å². The van der Waals surface area contributed by atoms with Crippen molar-refractivity contribution in [1.29, 1.82) is 0 Å². The fourth-order valence-corrected chi connectivity index (χ4v) is 4.39. The molecule has 0 aliphatic carbocycles. The van der Waals surface area contributed by atoms with Gasteiger partial charge in [-0.05, 0) is 44.9 Å². The number of aryl methyl sites for hydroxylation is 2. The standard InChI is InChI=1S/C22H24F3N3O2.ClH/c1-13-6-4-7-16(20(13)29-3)12-28-9-5-8-15(11-28)19-18-17(22(23,24)25)10-14(2)26-21(18)30-27-19;/h4,6-7,10,15H,5,8-9,11-12H2,1-3H3;1H. The van der Waals surface area contributed by atoms with E-state index < -0.39 is 11.7 Å². The quantitative estimate of drug-likeness (QED) is 0.507. The Kier molecular flexibility index (Phi) is 6.81. The maximum atomic E-state index is 13.7. The van der Waals surface area contributed by atoms with Gasteiger partial charge in [-0.25, -0.2) is 4.98 Å². The van der Waals surface area contributed by atoms with Crippen molar-refractivity contribution in [1.82, 2.24) is 15.0 Å². The lowest BCUT2D eigenvalue weighted by molar-refractivity contribution is -0.136. The Bertz CT molecular complexity index is 1070. The maximum Gasteiger partial charge on any atom is 0.417 e. The van der Waals surface area contributed by atoms with Crippen LogP contribution >= 0.6 is 12.4 Å². The predicted octanol–water partition coefficient (Wildman–Crippen LogP) is 5.67. The summed E-state index contributed by atoms with van der Waals surface area (Å²) in [5.74, 6) is 0.701. The van der Waals surface area contributed by atoms with Crippen molar-refractivity contribution >= 4 is 23.5 Å². The number of pyridine rings is 1. The molecular formula is C22H25ClF3N3O2. The number of rotatable bonds is 4. The summed E-state index contributed by atoms with van der Waals surface area (Å²) >= 11 is 0. The summed E-state index contributed by atoms with van der Waals surface area (Å²) in [7, 11) is 1.65. The van der Waals surface area contributed by atoms with E-state index in [9.17, 15) is 13.2 Å². The van der Waals surface area contributed by atoms with E-state index in [-0.39, 0.29) is 35.1 Å². The molecule has 0 bridgehead atoms. The average molecular weight is 456 g/mol. The van der Waals surface area contributed by atoms with Crippen LogP contribution < -0.4 is 4.74 Å². The molecule has 1 aliphatic rings. The van der Waals surface area contributed by atoms with E-state index in [2.05, 4.69) is 15.0 Å². The molecule has 168 valence electrons. The summed E-state index contributed by atoms with van der Waals surface area (Å²) in [5, 5.41) is 4.03. The van der Waals surface area contributed by atoms with E-state index >= 15 is 0 Å². The number of ether oxygens (including phenoxy) is 1. The number of piperidine rings is 1. The Morgan fingerprint density at radius 2 is 2.03 bits per heavy atom. The molecular weight excluding hydrogens is 431 g/mol. The first-order valence-corrected chi connectivity index (χ1v) is 9.97. The lowest BCUT2D eigenvalue weighted by atomic mass is 9.91. The Labute approximate surface area is 185 Å². The van der Waals surface area contributed by atoms with Gasteiger partial charge in [0.1, 0.15) is 5.75 Å². The van der Waals surface area contributed by atoms with Gasteiger partial charge < -0.3 is 9.26 Å². The molecule has 0 spiro atoms. The number of halogens is 4. The molecule has 0 saturated carbocycles. The molecule has 4 rings (SSSR count). The minimum absolute atomic E-state index is 0. The monoisotopic (exact) mass is 455 g/mol. The molecule has 1 aliphatic heterocycles. The first-order valence-electron chi connectivity index (χ1n) is 9.97. The van der Waals surface area contributed by atoms with Crippen LogP contribution in [0.4, 0.5) is 13.2 Å². The molecule has 9 heteroatoms. The van der Waals surface area contributed by atoms with E-state index in [0.717, 1.165) is 42.3 Å². The number of aromatic nitrogens is 2. The van der Waals surface area contributed by atoms with Crippen LogP contribution in [0.5, 0.6) is 5.75 Å². The van der Waals surface area contributed by atoms with Gasteiger partial charge in [0.2, 0.25) is 0 Å². The van der Waals surface area contributed by atoms with Gasteiger partial charge >= 0.3 is 6.18 Å². The maximum absolute atomic E-state index is 13.7. The van der Waals surface area contributed by atoms with Crippen molar-refractivity contribution < 1.29 is 22.4 Å². The van der Waals surface area contributed by atoms with Crippen LogP contribution in [0.1, 0.15) is 46.8 Å². The van der Waals surface area contributed by atoms with E-state index in [1.54, 1.807) is 7.11 Å². The molecule has 31 heavy (non-hydrogen) atoms. The average Bonchev–Trinajstić information content (AvgIpc) is 3.10. The van der Waals surface area contributed by atoms with Crippen molar-refractivity contribution in [3.8, 4) is 5.75 Å². The first-order chi connectivity index (χ1) is 14.3. The van der Waals surface area contributed by atoms with Gasteiger partial charge in [-0.1, -0.05) is 23.4 Å². The summed E-state index contributed by atoms with van der Waals surface area (Å²) in [6.45, 7) is 5.66. The molecule has 0 amide bonds. The van der Waals surface area contributed by atoms with Gasteiger partial charge in [0.05, 0.1) is 23.8 Å². The molecule has 1 atom stereocenters. The summed E-state index contributed by atoms with van der Waals surface area (Å²) in [6, 6.07) is 7.08. The highest BCUT2D eigenvalue weighted by Gasteiger charge is 2.37. The normalized spacial score (nSPS) is 17.5. The molecule has 0 radical (unpaired) electrons. The first kappa shape index (κ1) is 23.3. The van der Waals surface area contributed by atoms with Crippen molar-refractivity contribution in [3.63, 3.8) is 0 Å². The van der Waals surface area contributed by atoms with Gasteiger partial charge in [-0.2, -0.15) is 13.2 Å². The topological polar surface area (TPSA) is 51.4 Å². The Hall–Kier alpha value is -2.32. The molecule has 3 heterocycles. The van der Waals surface area contributed by atoms with E-state index in [4.69, 9.17) is 9.26 Å². The summed E-state index contributed by atoms with van der Waals surface area (Å²) in [6.07, 6.45) is -2.86. The highest BCUT2D eigenvalue weighted by atomic mass is 35.5. The van der Waals surface area contributed by atoms with Crippen molar-refractivity contribution in [3.05, 3.63) is 52.3 Å². The van der Waals surface area contributed by atoms with Gasteiger partial charge in [0.25, 0.3) is 5.71 Å². The van der Waals surface area contributed by atoms with Crippen LogP contribution in [0.15, 0.2) is 28.8 Å². The third kappa shape index (κ3) is 4.65. The second-order valence-electron chi connectivity index (χ2n) is 7.90. The highest BCUT2D eigenvalue weighted by molar-refractivity contribution is 5.85. The molecule has 3 aromatic rings. The number of fused-ring (bicyclic) bond motifs is 1. The minimum Gasteiger partial charge on any atom is -0.496 e. The van der Waals surface area contributed by atoms with E-state index in [1.165, 1.54) is 6.92 Å². The van der Waals surface area contributed by atoms with Crippen molar-refractivity contribution in [2.75, 3.05) is 20.2 Å². The van der Waals surface area contributed by atoms with Crippen LogP contribution in [0.3, 0.4) is 0 Å². The molecule has 1 saturated heterocycles. The third-order valence-electron chi connectivity index (χ3n) is 5.69. The highest BCUT2D eigenvalue weighted by Crippen LogP contribution is 2.40. The Morgan fingerprint density at radius 3 is 2.74 bits per heavy atom. The SMILES string of the molecule is COc1c(C)cccc1CN1CCCC(c2noc3nc(C)cc(C(F)(F)F)c23)C1.Cl. The summed E-state index contributed by atoms with van der Waals surface area (Å²) < 4.78 is 51.8. The van der Waals surface area contributed by atoms with Crippen molar-refractivity contribution in [2.45, 2.75) is 45.3 Å². The lowest BCUT2D eigenvalue weighted by Crippen LogP contribution is -2.34. The molecule has 1 unspecified atom stereocenters. The number of methoxy groups -OCH3 is 1. The second-order valence-corrected chi connectivity index (χ2v) is 7.90. The molecule has 2 aromatic heterocycles. The fourth-order valence-electron chi connectivity index (χ4n) is 4.39. The van der Waals surface area contributed by atoms with Crippen LogP contribution in [0.2, 0.25) is 0 Å². The lowest BCUT2D eigenvalue weighted by Gasteiger charge is -2.32. The van der Waals surface area contributed by atoms with Gasteiger partial charge in [-0.3, -0.25) is 4.90 Å². The zero-order valence-electron chi connectivity index (χ0n) is 17.6. The van der Waals surface area contributed by atoms with Crippen molar-refractivity contribution in [2.24, 2.45) is 0 Å². The molecule has 0 N–H and O–H groups in total. The molecule has 1 aromatic carbocycles. The number of hydrogen-bond donors (Lipinski definition) is 0. The smallest absolute Gasteiger partial charge is 0.417 e. The fraction of sp³-hybridized carbons (Fsp3) is 0.455. The van der Waals surface area contributed by atoms with Crippen LogP contribution in [0, 0.1) is 13.8 Å². The van der Waals surface area contributed by atoms with E-state index in [0.29, 0.717) is 18.8 Å². The largest absolute Gasteiger partial charge is 0.496 e. The number of likely N-dealkylation sites (tertiary alicyclic amines) is 1. The Morgan fingerprint density at radius 1 is 1.26 bits per heavy atom. The summed E-state index contributed by atoms with van der Waals surface area (Å²) in [4.78, 5) is 6.36. The van der Waals surface area contributed by atoms with Crippen LogP contribution in [-0.4, -0.2) is 35.2 Å². The zero-order valence-corrected chi connectivity index (χ0v) is 18.4. The molecule has 5 nitrogen and oxygen atoms in total. The summed E-state index contributed by atoms with van der Waals surface area (Å²) in [5.41, 5.74) is 1.97. The Balaban J connectivity index is 0.00000272. The minimum atomic E-state index is -4.49. The predicted molar refractivity (Wildman–Crippen MR) is 114 cm³/mol. The molecule has 1 fully saturated rings. The number of nitrogens with zero attached hydrogens (tertiary/aromatic N) is 3. The van der Waals surface area contributed by atoms with Crippen LogP contribution in [0.25, 0.3) is 11.1 Å². The van der Waals surface area contributed by atoms with E-state index in [1.807, 2.05) is 25.1 Å². The third-order valence-corrected chi connectivity index (χ3v) is 5.69. The van der Waals surface area contributed by atoms with Gasteiger partial charge in [-0.15, -0.1) is 12.4 Å². The van der Waals surface area contributed by atoms with Crippen LogP contribution in [-0.2, 0) is 12.7 Å².